The fraction of sp³-hybridized carbons (Fsp3) is 0.471. The summed E-state index contributed by atoms with van der Waals surface area (Å²) in [4.78, 5) is 35.2. The molecule has 0 atom stereocenters. The van der Waals surface area contributed by atoms with Crippen molar-refractivity contribution in [2.75, 3.05) is 19.0 Å². The van der Waals surface area contributed by atoms with Gasteiger partial charge in [0.2, 0.25) is 0 Å². The van der Waals surface area contributed by atoms with Crippen molar-refractivity contribution >= 4 is 23.5 Å². The molecule has 0 spiro atoms. The first kappa shape index (κ1) is 17.0. The van der Waals surface area contributed by atoms with Crippen LogP contribution in [0.15, 0.2) is 24.3 Å². The average Bonchev–Trinajstić information content (AvgIpc) is 3.05. The van der Waals surface area contributed by atoms with Crippen LogP contribution in [0.2, 0.25) is 0 Å². The summed E-state index contributed by atoms with van der Waals surface area (Å²) in [5.41, 5.74) is 0.580. The lowest BCUT2D eigenvalue weighted by molar-refractivity contribution is -0.148. The molecule has 1 N–H and O–H groups in total. The normalized spacial score (nSPS) is 14.3. The zero-order valence-electron chi connectivity index (χ0n) is 13.2. The molecule has 1 fully saturated rings. The van der Waals surface area contributed by atoms with Gasteiger partial charge in [-0.1, -0.05) is 25.0 Å². The third-order valence-corrected chi connectivity index (χ3v) is 3.90. The molecule has 6 heteroatoms. The van der Waals surface area contributed by atoms with E-state index < -0.39 is 11.9 Å². The summed E-state index contributed by atoms with van der Waals surface area (Å²) in [7, 11) is 1.27. The molecule has 0 radical (unpaired) electrons. The maximum Gasteiger partial charge on any atom is 0.339 e. The summed E-state index contributed by atoms with van der Waals surface area (Å²) in [6, 6.07) is 6.50. The van der Waals surface area contributed by atoms with Gasteiger partial charge in [0.25, 0.3) is 5.91 Å². The van der Waals surface area contributed by atoms with E-state index >= 15 is 0 Å². The molecule has 0 aliphatic heterocycles. The second-order valence-electron chi connectivity index (χ2n) is 5.60. The maximum absolute atomic E-state index is 11.9. The standard InChI is InChI=1S/C17H21NO5/c1-22-17(21)13-8-4-5-9-14(13)18-15(19)11-23-16(20)10-12-6-2-3-7-12/h4-5,8-9,12H,2-3,6-7,10-11H2,1H3,(H,18,19). The van der Waals surface area contributed by atoms with E-state index in [-0.39, 0.29) is 18.1 Å². The number of amides is 1. The van der Waals surface area contributed by atoms with E-state index in [1.54, 1.807) is 24.3 Å². The molecule has 1 saturated carbocycles. The number of carbonyl (C=O) groups is 3. The Hall–Kier alpha value is -2.37. The lowest BCUT2D eigenvalue weighted by Gasteiger charge is -2.11. The highest BCUT2D eigenvalue weighted by atomic mass is 16.5. The van der Waals surface area contributed by atoms with Crippen LogP contribution in [0.5, 0.6) is 0 Å². The van der Waals surface area contributed by atoms with E-state index in [2.05, 4.69) is 10.1 Å². The van der Waals surface area contributed by atoms with Crippen LogP contribution in [0, 0.1) is 5.92 Å². The van der Waals surface area contributed by atoms with Gasteiger partial charge in [-0.25, -0.2) is 4.79 Å². The molecule has 1 aliphatic rings. The summed E-state index contributed by atoms with van der Waals surface area (Å²) in [5.74, 6) is -1.00. The Morgan fingerprint density at radius 1 is 1.17 bits per heavy atom. The minimum Gasteiger partial charge on any atom is -0.465 e. The zero-order chi connectivity index (χ0) is 16.7. The smallest absolute Gasteiger partial charge is 0.339 e. The fourth-order valence-electron chi connectivity index (χ4n) is 2.72. The van der Waals surface area contributed by atoms with Crippen molar-refractivity contribution in [2.24, 2.45) is 5.92 Å². The minimum absolute atomic E-state index is 0.251. The Kier molecular flexibility index (Phi) is 6.14. The summed E-state index contributed by atoms with van der Waals surface area (Å²) in [6.07, 6.45) is 4.78. The Labute approximate surface area is 135 Å². The second-order valence-corrected chi connectivity index (χ2v) is 5.60. The Morgan fingerprint density at radius 2 is 1.87 bits per heavy atom. The SMILES string of the molecule is COC(=O)c1ccccc1NC(=O)COC(=O)CC1CCCC1. The van der Waals surface area contributed by atoms with Gasteiger partial charge in [-0.05, 0) is 30.9 Å². The first-order valence-electron chi connectivity index (χ1n) is 7.73. The Bertz CT molecular complexity index is 578. The van der Waals surface area contributed by atoms with Gasteiger partial charge in [0, 0.05) is 6.42 Å². The quantitative estimate of drug-likeness (QED) is 0.815. The number of nitrogens with one attached hydrogen (secondary N) is 1. The van der Waals surface area contributed by atoms with Gasteiger partial charge >= 0.3 is 11.9 Å². The van der Waals surface area contributed by atoms with Crippen LogP contribution in [0.4, 0.5) is 5.69 Å². The van der Waals surface area contributed by atoms with Crippen LogP contribution in [-0.2, 0) is 19.1 Å². The topological polar surface area (TPSA) is 81.7 Å². The predicted octanol–water partition coefficient (Wildman–Crippen LogP) is 2.54. The van der Waals surface area contributed by atoms with Gasteiger partial charge in [0.15, 0.2) is 6.61 Å². The van der Waals surface area contributed by atoms with Crippen LogP contribution in [0.1, 0.15) is 42.5 Å². The highest BCUT2D eigenvalue weighted by Gasteiger charge is 2.20. The van der Waals surface area contributed by atoms with Crippen molar-refractivity contribution in [2.45, 2.75) is 32.1 Å². The molecule has 1 aliphatic carbocycles. The molecule has 1 aromatic rings. The van der Waals surface area contributed by atoms with Crippen molar-refractivity contribution in [1.29, 1.82) is 0 Å². The molecule has 0 saturated heterocycles. The van der Waals surface area contributed by atoms with Crippen molar-refractivity contribution in [3.63, 3.8) is 0 Å². The molecule has 0 heterocycles. The number of hydrogen-bond donors (Lipinski definition) is 1. The fourth-order valence-corrected chi connectivity index (χ4v) is 2.72. The average molecular weight is 319 g/mol. The second kappa shape index (κ2) is 8.31. The maximum atomic E-state index is 11.9. The first-order valence-corrected chi connectivity index (χ1v) is 7.73. The number of methoxy groups -OCH3 is 1. The minimum atomic E-state index is -0.542. The molecule has 124 valence electrons. The molecular weight excluding hydrogens is 298 g/mol. The number of benzene rings is 1. The summed E-state index contributed by atoms with van der Waals surface area (Å²) >= 11 is 0. The van der Waals surface area contributed by atoms with Gasteiger partial charge in [-0.3, -0.25) is 9.59 Å². The predicted molar refractivity (Wildman–Crippen MR) is 83.9 cm³/mol. The molecule has 0 aromatic heterocycles. The van der Waals surface area contributed by atoms with Crippen molar-refractivity contribution in [3.8, 4) is 0 Å². The molecular formula is C17H21NO5. The highest BCUT2D eigenvalue weighted by Crippen LogP contribution is 2.27. The van der Waals surface area contributed by atoms with Gasteiger partial charge in [-0.15, -0.1) is 0 Å². The molecule has 0 unspecified atom stereocenters. The van der Waals surface area contributed by atoms with E-state index in [1.807, 2.05) is 0 Å². The summed E-state index contributed by atoms with van der Waals surface area (Å²) in [6.45, 7) is -0.360. The molecule has 1 amide bonds. The number of anilines is 1. The van der Waals surface area contributed by atoms with Crippen molar-refractivity contribution < 1.29 is 23.9 Å². The molecule has 1 aromatic carbocycles. The summed E-state index contributed by atoms with van der Waals surface area (Å²) < 4.78 is 9.65. The van der Waals surface area contributed by atoms with Crippen LogP contribution in [0.25, 0.3) is 0 Å². The van der Waals surface area contributed by atoms with E-state index in [4.69, 9.17) is 4.74 Å². The van der Waals surface area contributed by atoms with E-state index in [0.717, 1.165) is 25.7 Å². The molecule has 6 nitrogen and oxygen atoms in total. The molecule has 0 bridgehead atoms. The molecule has 2 rings (SSSR count). The van der Waals surface area contributed by atoms with Crippen LogP contribution in [-0.4, -0.2) is 31.6 Å². The third kappa shape index (κ3) is 5.09. The van der Waals surface area contributed by atoms with E-state index in [9.17, 15) is 14.4 Å². The molecule has 23 heavy (non-hydrogen) atoms. The van der Waals surface area contributed by atoms with Crippen molar-refractivity contribution in [1.82, 2.24) is 0 Å². The van der Waals surface area contributed by atoms with Gasteiger partial charge in [-0.2, -0.15) is 0 Å². The van der Waals surface area contributed by atoms with E-state index in [1.165, 1.54) is 7.11 Å². The third-order valence-electron chi connectivity index (χ3n) is 3.90. The lowest BCUT2D eigenvalue weighted by Crippen LogP contribution is -2.22. The number of esters is 2. The first-order chi connectivity index (χ1) is 11.1. The largest absolute Gasteiger partial charge is 0.465 e. The zero-order valence-corrected chi connectivity index (χ0v) is 13.2. The van der Waals surface area contributed by atoms with Gasteiger partial charge in [0.1, 0.15) is 0 Å². The number of hydrogen-bond acceptors (Lipinski definition) is 5. The highest BCUT2D eigenvalue weighted by molar-refractivity contribution is 6.01. The Balaban J connectivity index is 1.82. The lowest BCUT2D eigenvalue weighted by atomic mass is 10.1. The number of carbonyl (C=O) groups excluding carboxylic acids is 3. The van der Waals surface area contributed by atoms with Crippen LogP contribution in [0.3, 0.4) is 0 Å². The van der Waals surface area contributed by atoms with Crippen LogP contribution < -0.4 is 5.32 Å². The van der Waals surface area contributed by atoms with Gasteiger partial charge in [0.05, 0.1) is 18.4 Å². The summed E-state index contributed by atoms with van der Waals surface area (Å²) in [5, 5.41) is 2.56. The number of rotatable bonds is 6. The number of para-hydroxylation sites is 1. The number of ether oxygens (including phenoxy) is 2. The van der Waals surface area contributed by atoms with E-state index in [0.29, 0.717) is 18.0 Å². The Morgan fingerprint density at radius 3 is 2.57 bits per heavy atom. The monoisotopic (exact) mass is 319 g/mol. The van der Waals surface area contributed by atoms with Gasteiger partial charge < -0.3 is 14.8 Å². The van der Waals surface area contributed by atoms with Crippen molar-refractivity contribution in [3.05, 3.63) is 29.8 Å². The van der Waals surface area contributed by atoms with Crippen LogP contribution >= 0.6 is 0 Å².